The fourth-order valence-electron chi connectivity index (χ4n) is 3.27. The molecule has 1 atom stereocenters. The van der Waals surface area contributed by atoms with Gasteiger partial charge >= 0.3 is 6.03 Å². The van der Waals surface area contributed by atoms with Gasteiger partial charge in [-0.3, -0.25) is 4.98 Å². The number of fused-ring (bicyclic) bond motifs is 1. The first-order valence-electron chi connectivity index (χ1n) is 8.13. The van der Waals surface area contributed by atoms with Crippen LogP contribution in [-0.4, -0.2) is 54.5 Å². The largest absolute Gasteiger partial charge is 0.334 e. The standard InChI is InChI=1S/C18H24N4O/c1-21(2)12-14-8-10-22(13-14)18(23)20-11-15-7-9-19-17-6-4-3-5-16(15)17/h3-7,9,14H,8,10-13H2,1-2H3,(H,20,23)/t14-/m1/s1. The van der Waals surface area contributed by atoms with Crippen molar-refractivity contribution in [1.29, 1.82) is 0 Å². The molecule has 2 amide bonds. The van der Waals surface area contributed by atoms with E-state index in [9.17, 15) is 4.79 Å². The number of hydrogen-bond acceptors (Lipinski definition) is 3. The van der Waals surface area contributed by atoms with Gasteiger partial charge in [-0.1, -0.05) is 18.2 Å². The molecule has 3 rings (SSSR count). The summed E-state index contributed by atoms with van der Waals surface area (Å²) in [5.74, 6) is 0.581. The third-order valence-corrected chi connectivity index (χ3v) is 4.37. The number of amides is 2. The quantitative estimate of drug-likeness (QED) is 0.942. The summed E-state index contributed by atoms with van der Waals surface area (Å²) < 4.78 is 0. The maximum Gasteiger partial charge on any atom is 0.317 e. The van der Waals surface area contributed by atoms with Crippen molar-refractivity contribution in [3.05, 3.63) is 42.1 Å². The second-order valence-electron chi connectivity index (χ2n) is 6.51. The van der Waals surface area contributed by atoms with Crippen molar-refractivity contribution in [2.45, 2.75) is 13.0 Å². The van der Waals surface area contributed by atoms with Gasteiger partial charge in [-0.25, -0.2) is 4.79 Å². The molecule has 23 heavy (non-hydrogen) atoms. The number of rotatable bonds is 4. The molecule has 2 heterocycles. The highest BCUT2D eigenvalue weighted by Crippen LogP contribution is 2.18. The summed E-state index contributed by atoms with van der Waals surface area (Å²) in [5, 5.41) is 4.15. The fraction of sp³-hybridized carbons (Fsp3) is 0.444. The van der Waals surface area contributed by atoms with Crippen LogP contribution in [0.15, 0.2) is 36.5 Å². The summed E-state index contributed by atoms with van der Waals surface area (Å²) in [7, 11) is 4.16. The van der Waals surface area contributed by atoms with Gasteiger partial charge in [0.1, 0.15) is 0 Å². The number of carbonyl (C=O) groups is 1. The lowest BCUT2D eigenvalue weighted by Gasteiger charge is -2.19. The molecule has 122 valence electrons. The van der Waals surface area contributed by atoms with E-state index in [1.165, 1.54) is 0 Å². The van der Waals surface area contributed by atoms with Crippen molar-refractivity contribution >= 4 is 16.9 Å². The molecule has 5 nitrogen and oxygen atoms in total. The number of benzene rings is 1. The van der Waals surface area contributed by atoms with E-state index in [1.54, 1.807) is 6.20 Å². The summed E-state index contributed by atoms with van der Waals surface area (Å²) in [6, 6.07) is 10.0. The predicted molar refractivity (Wildman–Crippen MR) is 92.2 cm³/mol. The Morgan fingerprint density at radius 1 is 1.35 bits per heavy atom. The maximum atomic E-state index is 12.4. The van der Waals surface area contributed by atoms with Gasteiger partial charge in [0.15, 0.2) is 0 Å². The first-order valence-corrected chi connectivity index (χ1v) is 8.13. The van der Waals surface area contributed by atoms with Crippen LogP contribution in [0.1, 0.15) is 12.0 Å². The van der Waals surface area contributed by atoms with Gasteiger partial charge in [0, 0.05) is 37.8 Å². The monoisotopic (exact) mass is 312 g/mol. The third-order valence-electron chi connectivity index (χ3n) is 4.37. The lowest BCUT2D eigenvalue weighted by Crippen LogP contribution is -2.38. The van der Waals surface area contributed by atoms with E-state index in [0.717, 1.165) is 42.5 Å². The molecule has 1 aliphatic heterocycles. The zero-order valence-electron chi connectivity index (χ0n) is 13.8. The highest BCUT2D eigenvalue weighted by Gasteiger charge is 2.26. The zero-order chi connectivity index (χ0) is 16.2. The van der Waals surface area contributed by atoms with Crippen molar-refractivity contribution < 1.29 is 4.79 Å². The van der Waals surface area contributed by atoms with Crippen LogP contribution >= 0.6 is 0 Å². The molecule has 0 unspecified atom stereocenters. The molecular formula is C18H24N4O. The SMILES string of the molecule is CN(C)C[C@H]1CCN(C(=O)NCc2ccnc3ccccc23)C1. The Bertz CT molecular complexity index is 680. The molecule has 1 saturated heterocycles. The lowest BCUT2D eigenvalue weighted by atomic mass is 10.1. The van der Waals surface area contributed by atoms with E-state index in [1.807, 2.05) is 35.2 Å². The van der Waals surface area contributed by atoms with E-state index < -0.39 is 0 Å². The molecule has 0 radical (unpaired) electrons. The van der Waals surface area contributed by atoms with Gasteiger partial charge in [0.25, 0.3) is 0 Å². The number of likely N-dealkylation sites (tertiary alicyclic amines) is 1. The molecule has 0 aliphatic carbocycles. The minimum absolute atomic E-state index is 0.0344. The second-order valence-corrected chi connectivity index (χ2v) is 6.51. The predicted octanol–water partition coefficient (Wildman–Crippen LogP) is 2.33. The van der Waals surface area contributed by atoms with E-state index in [2.05, 4.69) is 29.3 Å². The average Bonchev–Trinajstić information content (AvgIpc) is 3.00. The molecule has 1 aliphatic rings. The number of carbonyl (C=O) groups excluding carboxylic acids is 1. The Morgan fingerprint density at radius 3 is 3.00 bits per heavy atom. The fourth-order valence-corrected chi connectivity index (χ4v) is 3.27. The Labute approximate surface area is 137 Å². The van der Waals surface area contributed by atoms with Crippen LogP contribution in [0.3, 0.4) is 0 Å². The number of pyridine rings is 1. The van der Waals surface area contributed by atoms with Gasteiger partial charge < -0.3 is 15.1 Å². The zero-order valence-corrected chi connectivity index (χ0v) is 13.8. The van der Waals surface area contributed by atoms with Crippen molar-refractivity contribution in [3.63, 3.8) is 0 Å². The highest BCUT2D eigenvalue weighted by molar-refractivity contribution is 5.82. The minimum Gasteiger partial charge on any atom is -0.334 e. The van der Waals surface area contributed by atoms with Crippen LogP contribution in [0.25, 0.3) is 10.9 Å². The Hall–Kier alpha value is -2.14. The summed E-state index contributed by atoms with van der Waals surface area (Å²) in [6.45, 7) is 3.28. The summed E-state index contributed by atoms with van der Waals surface area (Å²) >= 11 is 0. The number of para-hydroxylation sites is 1. The molecule has 0 spiro atoms. The van der Waals surface area contributed by atoms with Crippen LogP contribution < -0.4 is 5.32 Å². The summed E-state index contributed by atoms with van der Waals surface area (Å²) in [4.78, 5) is 20.8. The van der Waals surface area contributed by atoms with Crippen molar-refractivity contribution in [2.75, 3.05) is 33.7 Å². The van der Waals surface area contributed by atoms with E-state index in [4.69, 9.17) is 0 Å². The van der Waals surface area contributed by atoms with Crippen LogP contribution in [0.4, 0.5) is 4.79 Å². The first kappa shape index (κ1) is 15.7. The molecular weight excluding hydrogens is 288 g/mol. The van der Waals surface area contributed by atoms with Gasteiger partial charge in [-0.2, -0.15) is 0 Å². The highest BCUT2D eigenvalue weighted by atomic mass is 16.2. The van der Waals surface area contributed by atoms with Gasteiger partial charge in [0.2, 0.25) is 0 Å². The van der Waals surface area contributed by atoms with Crippen LogP contribution in [-0.2, 0) is 6.54 Å². The molecule has 0 saturated carbocycles. The van der Waals surface area contributed by atoms with Crippen LogP contribution in [0.2, 0.25) is 0 Å². The lowest BCUT2D eigenvalue weighted by molar-refractivity contribution is 0.205. The van der Waals surface area contributed by atoms with E-state index in [0.29, 0.717) is 12.5 Å². The van der Waals surface area contributed by atoms with Gasteiger partial charge in [-0.05, 0) is 44.1 Å². The van der Waals surface area contributed by atoms with E-state index in [-0.39, 0.29) is 6.03 Å². The Kier molecular flexibility index (Phi) is 4.76. The summed E-state index contributed by atoms with van der Waals surface area (Å²) in [6.07, 6.45) is 2.89. The molecule has 5 heteroatoms. The number of aromatic nitrogens is 1. The summed E-state index contributed by atoms with van der Waals surface area (Å²) in [5.41, 5.74) is 2.07. The van der Waals surface area contributed by atoms with Crippen LogP contribution in [0.5, 0.6) is 0 Å². The number of nitrogens with zero attached hydrogens (tertiary/aromatic N) is 3. The van der Waals surface area contributed by atoms with Gasteiger partial charge in [0.05, 0.1) is 5.52 Å². The topological polar surface area (TPSA) is 48.5 Å². The van der Waals surface area contributed by atoms with Crippen molar-refractivity contribution in [1.82, 2.24) is 20.1 Å². The second kappa shape index (κ2) is 6.96. The van der Waals surface area contributed by atoms with Crippen molar-refractivity contribution in [2.24, 2.45) is 5.92 Å². The van der Waals surface area contributed by atoms with E-state index >= 15 is 0 Å². The molecule has 2 aromatic rings. The average molecular weight is 312 g/mol. The molecule has 1 aromatic heterocycles. The smallest absolute Gasteiger partial charge is 0.317 e. The maximum absolute atomic E-state index is 12.4. The molecule has 1 aromatic carbocycles. The molecule has 0 bridgehead atoms. The van der Waals surface area contributed by atoms with Gasteiger partial charge in [-0.15, -0.1) is 0 Å². The number of urea groups is 1. The molecule has 1 N–H and O–H groups in total. The number of nitrogens with one attached hydrogen (secondary N) is 1. The van der Waals surface area contributed by atoms with Crippen molar-refractivity contribution in [3.8, 4) is 0 Å². The first-order chi connectivity index (χ1) is 11.1. The number of hydrogen-bond donors (Lipinski definition) is 1. The Balaban J connectivity index is 1.59. The normalized spacial score (nSPS) is 17.9. The minimum atomic E-state index is 0.0344. The molecule has 1 fully saturated rings. The third kappa shape index (κ3) is 3.79. The van der Waals surface area contributed by atoms with Crippen LogP contribution in [0, 0.1) is 5.92 Å². The Morgan fingerprint density at radius 2 is 2.17 bits per heavy atom.